The lowest BCUT2D eigenvalue weighted by Gasteiger charge is -2.25. The fourth-order valence-electron chi connectivity index (χ4n) is 2.55. The lowest BCUT2D eigenvalue weighted by Crippen LogP contribution is -2.33. The van der Waals surface area contributed by atoms with Crippen molar-refractivity contribution < 1.29 is 4.74 Å². The number of rotatable bonds is 4. The van der Waals surface area contributed by atoms with E-state index in [-0.39, 0.29) is 0 Å². The van der Waals surface area contributed by atoms with Gasteiger partial charge < -0.3 is 15.0 Å². The number of hydrogen-bond acceptors (Lipinski definition) is 4. The molecule has 1 fully saturated rings. The summed E-state index contributed by atoms with van der Waals surface area (Å²) >= 11 is 0. The molecule has 0 saturated carbocycles. The van der Waals surface area contributed by atoms with Gasteiger partial charge in [0.15, 0.2) is 11.6 Å². The molecule has 1 aliphatic rings. The summed E-state index contributed by atoms with van der Waals surface area (Å²) < 4.78 is 5.37. The largest absolute Gasteiger partial charge is 0.493 e. The number of ether oxygens (including phenoxy) is 1. The molecular formula is C13H21N3O. The Morgan fingerprint density at radius 3 is 3.12 bits per heavy atom. The van der Waals surface area contributed by atoms with Gasteiger partial charge in [-0.1, -0.05) is 6.92 Å². The molecule has 0 aliphatic carbocycles. The van der Waals surface area contributed by atoms with Gasteiger partial charge >= 0.3 is 0 Å². The molecular weight excluding hydrogens is 214 g/mol. The molecule has 1 saturated heterocycles. The maximum atomic E-state index is 5.37. The third kappa shape index (κ3) is 2.52. The Bertz CT molecular complexity index is 383. The Hall–Kier alpha value is -1.29. The van der Waals surface area contributed by atoms with Crippen molar-refractivity contribution in [1.82, 2.24) is 10.3 Å². The predicted octanol–water partition coefficient (Wildman–Crippen LogP) is 1.53. The molecule has 0 bridgehead atoms. The summed E-state index contributed by atoms with van der Waals surface area (Å²) in [5, 5.41) is 3.27. The first-order valence-electron chi connectivity index (χ1n) is 6.07. The monoisotopic (exact) mass is 235 g/mol. The van der Waals surface area contributed by atoms with E-state index in [4.69, 9.17) is 4.74 Å². The van der Waals surface area contributed by atoms with E-state index in [1.165, 1.54) is 6.42 Å². The molecule has 1 atom stereocenters. The summed E-state index contributed by atoms with van der Waals surface area (Å²) in [5.41, 5.74) is 0.331. The molecule has 1 unspecified atom stereocenters. The van der Waals surface area contributed by atoms with Crippen LogP contribution in [-0.2, 0) is 0 Å². The van der Waals surface area contributed by atoms with Crippen LogP contribution in [0.15, 0.2) is 18.3 Å². The van der Waals surface area contributed by atoms with Crippen molar-refractivity contribution in [3.63, 3.8) is 0 Å². The molecule has 1 aromatic heterocycles. The molecule has 94 valence electrons. The van der Waals surface area contributed by atoms with Crippen LogP contribution in [0.5, 0.6) is 5.75 Å². The molecule has 2 heterocycles. The third-order valence-electron chi connectivity index (χ3n) is 3.43. The number of methoxy groups -OCH3 is 1. The third-order valence-corrected chi connectivity index (χ3v) is 3.43. The summed E-state index contributed by atoms with van der Waals surface area (Å²) in [7, 11) is 3.71. The SMILES string of the molecule is CNCC1(C)CCN(c2ncccc2OC)C1. The fourth-order valence-corrected chi connectivity index (χ4v) is 2.55. The zero-order valence-corrected chi connectivity index (χ0v) is 10.9. The lowest BCUT2D eigenvalue weighted by atomic mass is 9.90. The maximum absolute atomic E-state index is 5.37. The van der Waals surface area contributed by atoms with Crippen LogP contribution in [-0.4, -0.2) is 38.8 Å². The highest BCUT2D eigenvalue weighted by Gasteiger charge is 2.34. The first kappa shape index (κ1) is 12.2. The standard InChI is InChI=1S/C13H21N3O/c1-13(9-14-2)6-8-16(10-13)12-11(17-3)5-4-7-15-12/h4-5,7,14H,6,8-10H2,1-3H3. The van der Waals surface area contributed by atoms with E-state index in [1.54, 1.807) is 7.11 Å². The van der Waals surface area contributed by atoms with Crippen LogP contribution in [0.3, 0.4) is 0 Å². The summed E-state index contributed by atoms with van der Waals surface area (Å²) in [6, 6.07) is 3.88. The van der Waals surface area contributed by atoms with Crippen LogP contribution < -0.4 is 15.0 Å². The molecule has 17 heavy (non-hydrogen) atoms. The van der Waals surface area contributed by atoms with Gasteiger partial charge in [0.2, 0.25) is 0 Å². The number of hydrogen-bond donors (Lipinski definition) is 1. The van der Waals surface area contributed by atoms with Gasteiger partial charge in [-0.05, 0) is 31.0 Å². The summed E-state index contributed by atoms with van der Waals surface area (Å²) in [4.78, 5) is 6.75. The lowest BCUT2D eigenvalue weighted by molar-refractivity contribution is 0.355. The Morgan fingerprint density at radius 2 is 2.41 bits per heavy atom. The highest BCUT2D eigenvalue weighted by molar-refractivity contribution is 5.53. The molecule has 1 aromatic rings. The van der Waals surface area contributed by atoms with E-state index >= 15 is 0 Å². The van der Waals surface area contributed by atoms with Gasteiger partial charge in [-0.2, -0.15) is 0 Å². The Morgan fingerprint density at radius 1 is 1.59 bits per heavy atom. The van der Waals surface area contributed by atoms with Gasteiger partial charge in [0.05, 0.1) is 7.11 Å². The summed E-state index contributed by atoms with van der Waals surface area (Å²) in [5.74, 6) is 1.83. The second-order valence-electron chi connectivity index (χ2n) is 5.04. The van der Waals surface area contributed by atoms with Gasteiger partial charge in [-0.3, -0.25) is 0 Å². The molecule has 2 rings (SSSR count). The highest BCUT2D eigenvalue weighted by atomic mass is 16.5. The minimum absolute atomic E-state index is 0.331. The minimum atomic E-state index is 0.331. The molecule has 4 nitrogen and oxygen atoms in total. The van der Waals surface area contributed by atoms with E-state index < -0.39 is 0 Å². The zero-order chi connectivity index (χ0) is 12.3. The average molecular weight is 235 g/mol. The number of anilines is 1. The van der Waals surface area contributed by atoms with E-state index in [1.807, 2.05) is 25.4 Å². The van der Waals surface area contributed by atoms with Crippen LogP contribution in [0.1, 0.15) is 13.3 Å². The van der Waals surface area contributed by atoms with Crippen molar-refractivity contribution in [2.24, 2.45) is 5.41 Å². The van der Waals surface area contributed by atoms with Crippen LogP contribution >= 0.6 is 0 Å². The molecule has 0 amide bonds. The summed E-state index contributed by atoms with van der Waals surface area (Å²) in [6.07, 6.45) is 3.01. The van der Waals surface area contributed by atoms with E-state index in [2.05, 4.69) is 22.1 Å². The van der Waals surface area contributed by atoms with Gasteiger partial charge in [0.25, 0.3) is 0 Å². The first-order chi connectivity index (χ1) is 8.18. The second-order valence-corrected chi connectivity index (χ2v) is 5.04. The molecule has 4 heteroatoms. The normalized spacial score (nSPS) is 24.1. The maximum Gasteiger partial charge on any atom is 0.171 e. The van der Waals surface area contributed by atoms with Crippen LogP contribution in [0.4, 0.5) is 5.82 Å². The predicted molar refractivity (Wildman–Crippen MR) is 69.7 cm³/mol. The summed E-state index contributed by atoms with van der Waals surface area (Å²) in [6.45, 7) is 5.43. The molecule has 0 aromatic carbocycles. The van der Waals surface area contributed by atoms with Crippen molar-refractivity contribution >= 4 is 5.82 Å². The molecule has 1 N–H and O–H groups in total. The van der Waals surface area contributed by atoms with Gasteiger partial charge in [-0.25, -0.2) is 4.98 Å². The van der Waals surface area contributed by atoms with E-state index in [0.717, 1.165) is 31.2 Å². The Kier molecular flexibility index (Phi) is 3.52. The van der Waals surface area contributed by atoms with Gasteiger partial charge in [-0.15, -0.1) is 0 Å². The molecule has 0 spiro atoms. The van der Waals surface area contributed by atoms with E-state index in [9.17, 15) is 0 Å². The highest BCUT2D eigenvalue weighted by Crippen LogP contribution is 2.35. The molecule has 0 radical (unpaired) electrons. The van der Waals surface area contributed by atoms with Gasteiger partial charge in [0.1, 0.15) is 0 Å². The van der Waals surface area contributed by atoms with Crippen LogP contribution in [0, 0.1) is 5.41 Å². The quantitative estimate of drug-likeness (QED) is 0.858. The fraction of sp³-hybridized carbons (Fsp3) is 0.615. The van der Waals surface area contributed by atoms with Crippen LogP contribution in [0.2, 0.25) is 0 Å². The van der Waals surface area contributed by atoms with Crippen molar-refractivity contribution in [1.29, 1.82) is 0 Å². The average Bonchev–Trinajstić information content (AvgIpc) is 2.72. The minimum Gasteiger partial charge on any atom is -0.493 e. The second kappa shape index (κ2) is 4.92. The number of nitrogens with one attached hydrogen (secondary N) is 1. The first-order valence-corrected chi connectivity index (χ1v) is 6.07. The van der Waals surface area contributed by atoms with Crippen molar-refractivity contribution in [2.75, 3.05) is 38.7 Å². The van der Waals surface area contributed by atoms with Crippen LogP contribution in [0.25, 0.3) is 0 Å². The molecule has 1 aliphatic heterocycles. The van der Waals surface area contributed by atoms with Gasteiger partial charge in [0, 0.05) is 25.8 Å². The van der Waals surface area contributed by atoms with E-state index in [0.29, 0.717) is 5.41 Å². The number of nitrogens with zero attached hydrogens (tertiary/aromatic N) is 2. The Balaban J connectivity index is 2.15. The zero-order valence-electron chi connectivity index (χ0n) is 10.9. The Labute approximate surface area is 103 Å². The van der Waals surface area contributed by atoms with Crippen molar-refractivity contribution in [3.8, 4) is 5.75 Å². The van der Waals surface area contributed by atoms with Crippen molar-refractivity contribution in [2.45, 2.75) is 13.3 Å². The van der Waals surface area contributed by atoms with Crippen molar-refractivity contribution in [3.05, 3.63) is 18.3 Å². The smallest absolute Gasteiger partial charge is 0.171 e. The topological polar surface area (TPSA) is 37.4 Å². The number of aromatic nitrogens is 1. The number of pyridine rings is 1.